The van der Waals surface area contributed by atoms with Crippen molar-refractivity contribution in [1.82, 2.24) is 10.2 Å². The molecule has 15 heavy (non-hydrogen) atoms. The van der Waals surface area contributed by atoms with Crippen molar-refractivity contribution in [3.8, 4) is 0 Å². The van der Waals surface area contributed by atoms with Crippen LogP contribution in [-0.2, 0) is 4.79 Å². The van der Waals surface area contributed by atoms with Gasteiger partial charge in [-0.25, -0.2) is 0 Å². The third-order valence-electron chi connectivity index (χ3n) is 2.10. The molecule has 1 unspecified atom stereocenters. The number of likely N-dealkylation sites (N-methyl/N-ethyl adjacent to an activating group) is 1. The number of thiol groups is 1. The van der Waals surface area contributed by atoms with Crippen LogP contribution in [0.3, 0.4) is 0 Å². The number of carbonyl (C=O) groups is 1. The van der Waals surface area contributed by atoms with E-state index in [1.54, 1.807) is 12.2 Å². The molecule has 2 N–H and O–H groups in total. The minimum atomic E-state index is -0.284. The zero-order chi connectivity index (χ0) is 11.3. The summed E-state index contributed by atoms with van der Waals surface area (Å²) in [6, 6.07) is 0. The summed E-state index contributed by atoms with van der Waals surface area (Å²) in [6.07, 6.45) is 5.35. The second kappa shape index (κ2) is 5.82. The van der Waals surface area contributed by atoms with Gasteiger partial charge < -0.3 is 15.3 Å². The molecule has 1 aliphatic rings. The molecule has 0 saturated carbocycles. The lowest BCUT2D eigenvalue weighted by molar-refractivity contribution is -0.117. The first kappa shape index (κ1) is 12.1. The van der Waals surface area contributed by atoms with Crippen LogP contribution in [0.15, 0.2) is 23.9 Å². The molecular formula is C10H16N2O2S. The number of nitrogens with zero attached hydrogens (tertiary/aromatic N) is 1. The number of amides is 1. The molecule has 0 fully saturated rings. The van der Waals surface area contributed by atoms with Crippen molar-refractivity contribution >= 4 is 18.5 Å². The van der Waals surface area contributed by atoms with E-state index in [2.05, 4.69) is 17.9 Å². The van der Waals surface area contributed by atoms with E-state index in [1.165, 1.54) is 0 Å². The third-order valence-corrected chi connectivity index (χ3v) is 2.68. The van der Waals surface area contributed by atoms with E-state index >= 15 is 0 Å². The van der Waals surface area contributed by atoms with E-state index < -0.39 is 0 Å². The molecule has 0 aromatic heterocycles. The van der Waals surface area contributed by atoms with Crippen molar-refractivity contribution in [3.63, 3.8) is 0 Å². The minimum absolute atomic E-state index is 0.0457. The summed E-state index contributed by atoms with van der Waals surface area (Å²) >= 11 is 4.35. The van der Waals surface area contributed by atoms with Crippen LogP contribution in [0.25, 0.3) is 0 Å². The lowest BCUT2D eigenvalue weighted by Crippen LogP contribution is -2.38. The normalized spacial score (nSPS) is 20.1. The van der Waals surface area contributed by atoms with Gasteiger partial charge >= 0.3 is 0 Å². The summed E-state index contributed by atoms with van der Waals surface area (Å²) in [5, 5.41) is 11.3. The fourth-order valence-electron chi connectivity index (χ4n) is 1.37. The average molecular weight is 228 g/mol. The van der Waals surface area contributed by atoms with E-state index in [0.717, 1.165) is 0 Å². The van der Waals surface area contributed by atoms with Gasteiger partial charge in [0.1, 0.15) is 5.37 Å². The Morgan fingerprint density at radius 1 is 1.73 bits per heavy atom. The Balaban J connectivity index is 2.69. The first-order valence-electron chi connectivity index (χ1n) is 4.92. The SMILES string of the molecule is CCNC(=O)C1=CC=CN(CCO)C1S. The smallest absolute Gasteiger partial charge is 0.250 e. The van der Waals surface area contributed by atoms with E-state index in [1.807, 2.05) is 18.0 Å². The monoisotopic (exact) mass is 228 g/mol. The zero-order valence-corrected chi connectivity index (χ0v) is 9.58. The quantitative estimate of drug-likeness (QED) is 0.599. The fraction of sp³-hybridized carbons (Fsp3) is 0.500. The molecule has 1 atom stereocenters. The number of nitrogens with one attached hydrogen (secondary N) is 1. The van der Waals surface area contributed by atoms with Crippen molar-refractivity contribution in [2.75, 3.05) is 19.7 Å². The van der Waals surface area contributed by atoms with Crippen LogP contribution in [0, 0.1) is 0 Å². The van der Waals surface area contributed by atoms with Crippen LogP contribution in [0.4, 0.5) is 0 Å². The number of β-amino-alcohol motifs (C(OH)–C–C–N with tert-alkyl or cyclic N) is 1. The number of allylic oxidation sites excluding steroid dienone is 2. The van der Waals surface area contributed by atoms with Crippen LogP contribution < -0.4 is 5.32 Å². The summed E-state index contributed by atoms with van der Waals surface area (Å²) in [4.78, 5) is 13.4. The molecule has 0 spiro atoms. The molecule has 0 saturated heterocycles. The van der Waals surface area contributed by atoms with Crippen LogP contribution >= 0.6 is 12.6 Å². The number of hydrogen-bond donors (Lipinski definition) is 3. The van der Waals surface area contributed by atoms with Crippen molar-refractivity contribution in [3.05, 3.63) is 23.9 Å². The second-order valence-electron chi connectivity index (χ2n) is 3.16. The van der Waals surface area contributed by atoms with E-state index in [0.29, 0.717) is 18.7 Å². The Labute approximate surface area is 95.1 Å². The maximum atomic E-state index is 11.6. The molecule has 1 rings (SSSR count). The van der Waals surface area contributed by atoms with Gasteiger partial charge in [0.2, 0.25) is 5.91 Å². The van der Waals surface area contributed by atoms with Gasteiger partial charge in [-0.3, -0.25) is 4.79 Å². The molecule has 0 aromatic carbocycles. The topological polar surface area (TPSA) is 52.6 Å². The highest BCUT2D eigenvalue weighted by Gasteiger charge is 2.22. The average Bonchev–Trinajstić information content (AvgIpc) is 2.22. The molecule has 0 bridgehead atoms. The standard InChI is InChI=1S/C10H16N2O2S/c1-2-11-9(14)8-4-3-5-12(6-7-13)10(8)15/h3-5,10,13,15H,2,6-7H2,1H3,(H,11,14). The highest BCUT2D eigenvalue weighted by molar-refractivity contribution is 7.81. The number of rotatable bonds is 4. The minimum Gasteiger partial charge on any atom is -0.395 e. The molecule has 0 aliphatic carbocycles. The van der Waals surface area contributed by atoms with Crippen LogP contribution in [0.1, 0.15) is 6.92 Å². The number of aliphatic hydroxyl groups excluding tert-OH is 1. The molecule has 5 heteroatoms. The lowest BCUT2D eigenvalue weighted by Gasteiger charge is -2.29. The van der Waals surface area contributed by atoms with Gasteiger partial charge in [-0.2, -0.15) is 0 Å². The molecule has 1 heterocycles. The van der Waals surface area contributed by atoms with Gasteiger partial charge in [-0.05, 0) is 19.1 Å². The first-order chi connectivity index (χ1) is 7.20. The Morgan fingerprint density at radius 2 is 2.47 bits per heavy atom. The summed E-state index contributed by atoms with van der Waals surface area (Å²) in [5.41, 5.74) is 0.608. The highest BCUT2D eigenvalue weighted by Crippen LogP contribution is 2.19. The van der Waals surface area contributed by atoms with Gasteiger partial charge in [0.05, 0.1) is 6.61 Å². The predicted octanol–water partition coefficient (Wildman–Crippen LogP) is 0.126. The lowest BCUT2D eigenvalue weighted by atomic mass is 10.1. The molecule has 0 radical (unpaired) electrons. The van der Waals surface area contributed by atoms with E-state index in [-0.39, 0.29) is 17.9 Å². The van der Waals surface area contributed by atoms with Crippen molar-refractivity contribution in [2.45, 2.75) is 12.3 Å². The Bertz CT molecular complexity index is 289. The number of hydrogen-bond acceptors (Lipinski definition) is 4. The third kappa shape index (κ3) is 3.00. The van der Waals surface area contributed by atoms with E-state index in [4.69, 9.17) is 5.11 Å². The van der Waals surface area contributed by atoms with Crippen LogP contribution in [0.5, 0.6) is 0 Å². The maximum absolute atomic E-state index is 11.6. The van der Waals surface area contributed by atoms with Crippen molar-refractivity contribution in [2.24, 2.45) is 0 Å². The van der Waals surface area contributed by atoms with Crippen LogP contribution in [-0.4, -0.2) is 41.0 Å². The van der Waals surface area contributed by atoms with Gasteiger partial charge in [-0.1, -0.05) is 0 Å². The second-order valence-corrected chi connectivity index (χ2v) is 3.65. The molecule has 1 amide bonds. The summed E-state index contributed by atoms with van der Waals surface area (Å²) in [6.45, 7) is 2.99. The molecular weight excluding hydrogens is 212 g/mol. The first-order valence-corrected chi connectivity index (χ1v) is 5.43. The Hall–Kier alpha value is -0.940. The van der Waals surface area contributed by atoms with Crippen molar-refractivity contribution in [1.29, 1.82) is 0 Å². The van der Waals surface area contributed by atoms with Gasteiger partial charge in [0, 0.05) is 24.9 Å². The van der Waals surface area contributed by atoms with E-state index in [9.17, 15) is 4.79 Å². The molecule has 1 aliphatic heterocycles. The van der Waals surface area contributed by atoms with Gasteiger partial charge in [0.15, 0.2) is 0 Å². The summed E-state index contributed by atoms with van der Waals surface area (Å²) < 4.78 is 0. The van der Waals surface area contributed by atoms with Gasteiger partial charge in [-0.15, -0.1) is 12.6 Å². The zero-order valence-electron chi connectivity index (χ0n) is 8.68. The summed E-state index contributed by atoms with van der Waals surface area (Å²) in [5.74, 6) is -0.107. The van der Waals surface area contributed by atoms with Gasteiger partial charge in [0.25, 0.3) is 0 Å². The largest absolute Gasteiger partial charge is 0.395 e. The highest BCUT2D eigenvalue weighted by atomic mass is 32.1. The number of aliphatic hydroxyl groups is 1. The number of carbonyl (C=O) groups excluding carboxylic acids is 1. The summed E-state index contributed by atoms with van der Waals surface area (Å²) in [7, 11) is 0. The Kier molecular flexibility index (Phi) is 4.71. The van der Waals surface area contributed by atoms with Crippen molar-refractivity contribution < 1.29 is 9.90 Å². The maximum Gasteiger partial charge on any atom is 0.250 e. The Morgan fingerprint density at radius 3 is 3.07 bits per heavy atom. The molecule has 0 aromatic rings. The predicted molar refractivity (Wildman–Crippen MR) is 62.5 cm³/mol. The van der Waals surface area contributed by atoms with Crippen LogP contribution in [0.2, 0.25) is 0 Å². The fourth-order valence-corrected chi connectivity index (χ4v) is 1.77. The molecule has 84 valence electrons. The molecule has 4 nitrogen and oxygen atoms in total.